The predicted molar refractivity (Wildman–Crippen MR) is 61.0 cm³/mol. The Kier molecular flexibility index (Phi) is 3.62. The number of hydrazine groups is 1. The first-order chi connectivity index (χ1) is 6.69. The van der Waals surface area contributed by atoms with Crippen molar-refractivity contribution in [3.63, 3.8) is 0 Å². The highest BCUT2D eigenvalue weighted by molar-refractivity contribution is 6.33. The van der Waals surface area contributed by atoms with E-state index in [4.69, 9.17) is 23.2 Å². The number of nitrogens with two attached hydrogens (primary N) is 2. The lowest BCUT2D eigenvalue weighted by Gasteiger charge is -2.15. The van der Waals surface area contributed by atoms with E-state index in [9.17, 15) is 0 Å². The van der Waals surface area contributed by atoms with Crippen LogP contribution >= 0.6 is 11.6 Å². The summed E-state index contributed by atoms with van der Waals surface area (Å²) in [6.07, 6.45) is 2.88. The van der Waals surface area contributed by atoms with Crippen molar-refractivity contribution in [2.24, 2.45) is 11.6 Å². The predicted octanol–water partition coefficient (Wildman–Crippen LogP) is 1.49. The van der Waals surface area contributed by atoms with Gasteiger partial charge in [-0.25, -0.2) is 5.84 Å². The summed E-state index contributed by atoms with van der Waals surface area (Å²) in [6, 6.07) is 5.49. The highest BCUT2D eigenvalue weighted by Crippen LogP contribution is 2.27. The minimum atomic E-state index is 0.567. The Morgan fingerprint density at radius 3 is 2.71 bits per heavy atom. The zero-order valence-electron chi connectivity index (χ0n) is 7.87. The number of hydrogen-bond donors (Lipinski definition) is 3. The average Bonchev–Trinajstić information content (AvgIpc) is 2.17. The van der Waals surface area contributed by atoms with Gasteiger partial charge in [0.15, 0.2) is 0 Å². The third-order valence-electron chi connectivity index (χ3n) is 1.76. The molecule has 0 aliphatic heterocycles. The van der Waals surface area contributed by atoms with Gasteiger partial charge < -0.3 is 11.1 Å². The number of nitrogens with one attached hydrogen (secondary N) is 1. The van der Waals surface area contributed by atoms with Crippen LogP contribution in [0.1, 0.15) is 0 Å². The smallest absolute Gasteiger partial charge is 0.0756 e. The Morgan fingerprint density at radius 2 is 2.21 bits per heavy atom. The summed E-state index contributed by atoms with van der Waals surface area (Å²) >= 11 is 6.00. The molecule has 0 radical (unpaired) electrons. The lowest BCUT2D eigenvalue weighted by molar-refractivity contribution is 1.07. The van der Waals surface area contributed by atoms with E-state index < -0.39 is 0 Å². The molecule has 14 heavy (non-hydrogen) atoms. The molecule has 1 rings (SSSR count). The molecule has 1 aromatic carbocycles. The summed E-state index contributed by atoms with van der Waals surface area (Å²) in [5.41, 5.74) is 6.85. The average molecular weight is 213 g/mol. The van der Waals surface area contributed by atoms with Crippen molar-refractivity contribution >= 4 is 23.0 Å². The molecule has 0 atom stereocenters. The Bertz CT molecular complexity index is 338. The minimum absolute atomic E-state index is 0.567. The van der Waals surface area contributed by atoms with Gasteiger partial charge in [0.1, 0.15) is 0 Å². The lowest BCUT2D eigenvalue weighted by atomic mass is 10.3. The Balaban J connectivity index is 2.99. The van der Waals surface area contributed by atoms with Crippen molar-refractivity contribution in [2.75, 3.05) is 17.4 Å². The highest BCUT2D eigenvalue weighted by Gasteiger charge is 2.04. The van der Waals surface area contributed by atoms with E-state index in [-0.39, 0.29) is 0 Å². The summed E-state index contributed by atoms with van der Waals surface area (Å²) in [5.74, 6) is 5.66. The van der Waals surface area contributed by atoms with Gasteiger partial charge in [-0.05, 0) is 18.2 Å². The van der Waals surface area contributed by atoms with Crippen LogP contribution in [0.3, 0.4) is 0 Å². The van der Waals surface area contributed by atoms with E-state index in [0.717, 1.165) is 5.69 Å². The number of hydrogen-bond acceptors (Lipinski definition) is 4. The molecule has 0 fully saturated rings. The molecule has 0 heterocycles. The number of rotatable bonds is 3. The molecule has 0 aromatic heterocycles. The zero-order valence-corrected chi connectivity index (χ0v) is 8.62. The lowest BCUT2D eigenvalue weighted by Crippen LogP contribution is -2.24. The van der Waals surface area contributed by atoms with Crippen LogP contribution in [0.5, 0.6) is 0 Å². The maximum Gasteiger partial charge on any atom is 0.0756 e. The van der Waals surface area contributed by atoms with Gasteiger partial charge in [-0.3, -0.25) is 5.01 Å². The van der Waals surface area contributed by atoms with Crippen molar-refractivity contribution in [3.8, 4) is 0 Å². The van der Waals surface area contributed by atoms with Crippen molar-refractivity contribution in [1.29, 1.82) is 0 Å². The normalized spacial score (nSPS) is 10.5. The first-order valence-corrected chi connectivity index (χ1v) is 4.46. The molecular formula is C9H13ClN4. The molecule has 0 saturated heterocycles. The van der Waals surface area contributed by atoms with Crippen LogP contribution in [-0.2, 0) is 0 Å². The summed E-state index contributed by atoms with van der Waals surface area (Å²) in [7, 11) is 1.82. The Hall–Kier alpha value is -1.39. The van der Waals surface area contributed by atoms with Gasteiger partial charge in [0, 0.05) is 25.1 Å². The molecule has 4 nitrogen and oxygen atoms in total. The summed E-state index contributed by atoms with van der Waals surface area (Å²) in [5, 5.41) is 4.91. The number of anilines is 2. The van der Waals surface area contributed by atoms with Crippen molar-refractivity contribution in [3.05, 3.63) is 35.6 Å². The third-order valence-corrected chi connectivity index (χ3v) is 2.06. The van der Waals surface area contributed by atoms with Crippen molar-refractivity contribution < 1.29 is 0 Å². The van der Waals surface area contributed by atoms with E-state index in [1.807, 2.05) is 19.2 Å². The molecule has 0 unspecified atom stereocenters. The third kappa shape index (κ3) is 2.31. The quantitative estimate of drug-likeness (QED) is 0.525. The zero-order chi connectivity index (χ0) is 10.6. The summed E-state index contributed by atoms with van der Waals surface area (Å²) in [6.45, 7) is 0. The summed E-state index contributed by atoms with van der Waals surface area (Å²) < 4.78 is 0. The standard InChI is InChI=1S/C9H13ClN4/c1-13-7-2-3-9(8(10)6-7)14(12)5-4-11/h2-6,13H,11-12H2,1H3/b5-4-. The van der Waals surface area contributed by atoms with Crippen molar-refractivity contribution in [2.45, 2.75) is 0 Å². The second kappa shape index (κ2) is 4.74. The van der Waals surface area contributed by atoms with Crippen molar-refractivity contribution in [1.82, 2.24) is 0 Å². The fourth-order valence-electron chi connectivity index (χ4n) is 1.04. The van der Waals surface area contributed by atoms with Crippen LogP contribution in [0.25, 0.3) is 0 Å². The molecule has 0 aliphatic carbocycles. The topological polar surface area (TPSA) is 67.3 Å². The molecule has 5 heteroatoms. The van der Waals surface area contributed by atoms with Gasteiger partial charge in [0.05, 0.1) is 10.7 Å². The maximum absolute atomic E-state index is 6.00. The van der Waals surface area contributed by atoms with E-state index in [0.29, 0.717) is 10.7 Å². The van der Waals surface area contributed by atoms with E-state index >= 15 is 0 Å². The van der Waals surface area contributed by atoms with Crippen LogP contribution in [0.2, 0.25) is 5.02 Å². The van der Waals surface area contributed by atoms with Gasteiger partial charge in [-0.15, -0.1) is 0 Å². The Morgan fingerprint density at radius 1 is 1.50 bits per heavy atom. The molecule has 5 N–H and O–H groups in total. The second-order valence-corrected chi connectivity index (χ2v) is 3.07. The molecular weight excluding hydrogens is 200 g/mol. The highest BCUT2D eigenvalue weighted by atomic mass is 35.5. The van der Waals surface area contributed by atoms with Crippen LogP contribution in [0.4, 0.5) is 11.4 Å². The number of nitrogens with zero attached hydrogens (tertiary/aromatic N) is 1. The monoisotopic (exact) mass is 212 g/mol. The largest absolute Gasteiger partial charge is 0.403 e. The molecule has 0 spiro atoms. The number of halogens is 1. The van der Waals surface area contributed by atoms with E-state index in [1.165, 1.54) is 17.4 Å². The summed E-state index contributed by atoms with van der Waals surface area (Å²) in [4.78, 5) is 0. The van der Waals surface area contributed by atoms with Gasteiger partial charge in [0.2, 0.25) is 0 Å². The molecule has 0 bridgehead atoms. The van der Waals surface area contributed by atoms with E-state index in [1.54, 1.807) is 6.07 Å². The minimum Gasteiger partial charge on any atom is -0.403 e. The number of benzene rings is 1. The van der Waals surface area contributed by atoms with Crippen LogP contribution in [0, 0.1) is 0 Å². The molecule has 0 aliphatic rings. The van der Waals surface area contributed by atoms with Gasteiger partial charge >= 0.3 is 0 Å². The maximum atomic E-state index is 6.00. The van der Waals surface area contributed by atoms with Crippen LogP contribution in [0.15, 0.2) is 30.6 Å². The first kappa shape index (κ1) is 10.7. The van der Waals surface area contributed by atoms with Gasteiger partial charge in [0.25, 0.3) is 0 Å². The van der Waals surface area contributed by atoms with Gasteiger partial charge in [-0.2, -0.15) is 0 Å². The molecule has 1 aromatic rings. The first-order valence-electron chi connectivity index (χ1n) is 4.08. The molecule has 76 valence electrons. The fraction of sp³-hybridized carbons (Fsp3) is 0.111. The van der Waals surface area contributed by atoms with E-state index in [2.05, 4.69) is 5.32 Å². The fourth-order valence-corrected chi connectivity index (χ4v) is 1.32. The molecule has 0 amide bonds. The second-order valence-electron chi connectivity index (χ2n) is 2.66. The van der Waals surface area contributed by atoms with Crippen LogP contribution in [-0.4, -0.2) is 7.05 Å². The Labute approximate surface area is 88.1 Å². The van der Waals surface area contributed by atoms with Gasteiger partial charge in [-0.1, -0.05) is 11.6 Å². The van der Waals surface area contributed by atoms with Crippen LogP contribution < -0.4 is 21.9 Å². The molecule has 0 saturated carbocycles. The SMILES string of the molecule is CNc1ccc(N(N)/C=C\N)c(Cl)c1.